The van der Waals surface area contributed by atoms with E-state index in [1.165, 1.54) is 18.1 Å². The number of carbonyl (C=O) groups excluding carboxylic acids is 3. The van der Waals surface area contributed by atoms with E-state index in [2.05, 4.69) is 5.32 Å². The number of carbonyl (C=O) groups is 3. The molecule has 0 spiro atoms. The highest BCUT2D eigenvalue weighted by atomic mass is 16.5. The normalized spacial score (nSPS) is 17.1. The third kappa shape index (κ3) is 3.52. The maximum atomic E-state index is 13.4. The molecule has 3 aromatic carbocycles. The van der Waals surface area contributed by atoms with Gasteiger partial charge in [0.2, 0.25) is 5.91 Å². The largest absolute Gasteiger partial charge is 0.465 e. The molecule has 0 radical (unpaired) electrons. The highest BCUT2D eigenvalue weighted by Gasteiger charge is 2.51. The number of anilines is 2. The van der Waals surface area contributed by atoms with Gasteiger partial charge in [0.15, 0.2) is 5.60 Å². The van der Waals surface area contributed by atoms with Crippen LogP contribution in [-0.4, -0.2) is 36.5 Å². The summed E-state index contributed by atoms with van der Waals surface area (Å²) in [5, 5.41) is 14.2. The number of ether oxygens (including phenoxy) is 1. The second kappa shape index (κ2) is 8.28. The predicted octanol–water partition coefficient (Wildman–Crippen LogP) is 3.00. The lowest BCUT2D eigenvalue weighted by Gasteiger charge is -2.23. The van der Waals surface area contributed by atoms with Crippen molar-refractivity contribution in [3.05, 3.63) is 95.1 Å². The van der Waals surface area contributed by atoms with Crippen LogP contribution in [0.2, 0.25) is 0 Å². The number of aliphatic hydroxyl groups is 1. The van der Waals surface area contributed by atoms with Crippen LogP contribution < -0.4 is 10.2 Å². The van der Waals surface area contributed by atoms with E-state index in [1.54, 1.807) is 54.6 Å². The molecule has 3 aromatic rings. The molecule has 162 valence electrons. The minimum atomic E-state index is -1.89. The standard InChI is InChI=1S/C25H22N2O5/c1-16-11-13-17(14-12-16)25(31)19-8-4-6-10-21(19)27(24(25)30)15-22(28)26-20-9-5-3-7-18(20)23(29)32-2/h3-14,31H,15H2,1-2H3,(H,26,28). The molecule has 32 heavy (non-hydrogen) atoms. The van der Waals surface area contributed by atoms with Crippen LogP contribution in [0, 0.1) is 6.92 Å². The number of fused-ring (bicyclic) bond motifs is 1. The van der Waals surface area contributed by atoms with Crippen molar-refractivity contribution in [3.8, 4) is 0 Å². The molecule has 7 heteroatoms. The highest BCUT2D eigenvalue weighted by molar-refractivity contribution is 6.13. The number of amides is 2. The number of para-hydroxylation sites is 2. The van der Waals surface area contributed by atoms with Gasteiger partial charge >= 0.3 is 5.97 Å². The Balaban J connectivity index is 1.64. The molecule has 7 nitrogen and oxygen atoms in total. The number of benzene rings is 3. The average molecular weight is 430 g/mol. The van der Waals surface area contributed by atoms with Crippen LogP contribution in [0.4, 0.5) is 11.4 Å². The third-order valence-electron chi connectivity index (χ3n) is 5.52. The van der Waals surface area contributed by atoms with Crippen molar-refractivity contribution < 1.29 is 24.2 Å². The number of hydrogen-bond acceptors (Lipinski definition) is 5. The summed E-state index contributed by atoms with van der Waals surface area (Å²) in [6, 6.07) is 20.3. The van der Waals surface area contributed by atoms with Crippen LogP contribution in [-0.2, 0) is 19.9 Å². The Hall–Kier alpha value is -3.97. The third-order valence-corrected chi connectivity index (χ3v) is 5.52. The molecule has 0 bridgehead atoms. The second-order valence-electron chi connectivity index (χ2n) is 7.57. The molecule has 2 N–H and O–H groups in total. The molecular formula is C25H22N2O5. The van der Waals surface area contributed by atoms with Gasteiger partial charge in [-0.05, 0) is 30.7 Å². The molecule has 1 unspecified atom stereocenters. The zero-order valence-corrected chi connectivity index (χ0v) is 17.7. The van der Waals surface area contributed by atoms with Gasteiger partial charge in [0.05, 0.1) is 24.0 Å². The number of aryl methyl sites for hydroxylation is 1. The molecule has 0 fully saturated rings. The van der Waals surface area contributed by atoms with Crippen molar-refractivity contribution in [1.82, 2.24) is 0 Å². The molecule has 2 amide bonds. The zero-order valence-electron chi connectivity index (χ0n) is 17.7. The van der Waals surface area contributed by atoms with Gasteiger partial charge < -0.3 is 15.2 Å². The summed E-state index contributed by atoms with van der Waals surface area (Å²) in [4.78, 5) is 39.5. The average Bonchev–Trinajstić information content (AvgIpc) is 3.02. The fraction of sp³-hybridized carbons (Fsp3) is 0.160. The molecule has 0 aliphatic carbocycles. The number of esters is 1. The van der Waals surface area contributed by atoms with Crippen LogP contribution in [0.15, 0.2) is 72.8 Å². The summed E-state index contributed by atoms with van der Waals surface area (Å²) in [6.45, 7) is 1.58. The molecule has 0 saturated carbocycles. The first kappa shape index (κ1) is 21.3. The quantitative estimate of drug-likeness (QED) is 0.607. The Morgan fingerprint density at radius 2 is 1.66 bits per heavy atom. The predicted molar refractivity (Wildman–Crippen MR) is 119 cm³/mol. The maximum absolute atomic E-state index is 13.4. The summed E-state index contributed by atoms with van der Waals surface area (Å²) in [5.41, 5.74) is 0.879. The molecule has 1 atom stereocenters. The fourth-order valence-corrected chi connectivity index (χ4v) is 3.88. The monoisotopic (exact) mass is 430 g/mol. The molecular weight excluding hydrogens is 408 g/mol. The van der Waals surface area contributed by atoms with Crippen molar-refractivity contribution in [1.29, 1.82) is 0 Å². The Kier molecular flexibility index (Phi) is 5.50. The van der Waals surface area contributed by atoms with Crippen LogP contribution in [0.25, 0.3) is 0 Å². The highest BCUT2D eigenvalue weighted by Crippen LogP contribution is 2.44. The number of hydrogen-bond donors (Lipinski definition) is 2. The number of methoxy groups -OCH3 is 1. The molecule has 1 aliphatic rings. The summed E-state index contributed by atoms with van der Waals surface area (Å²) in [7, 11) is 1.26. The first-order chi connectivity index (χ1) is 15.4. The Morgan fingerprint density at radius 3 is 2.38 bits per heavy atom. The summed E-state index contributed by atoms with van der Waals surface area (Å²) in [6.07, 6.45) is 0. The number of rotatable bonds is 5. The first-order valence-electron chi connectivity index (χ1n) is 10.0. The summed E-state index contributed by atoms with van der Waals surface area (Å²) >= 11 is 0. The topological polar surface area (TPSA) is 95.9 Å². The van der Waals surface area contributed by atoms with Crippen LogP contribution in [0.5, 0.6) is 0 Å². The molecule has 0 saturated heterocycles. The van der Waals surface area contributed by atoms with E-state index < -0.39 is 23.4 Å². The van der Waals surface area contributed by atoms with Crippen molar-refractivity contribution in [2.45, 2.75) is 12.5 Å². The van der Waals surface area contributed by atoms with Gasteiger partial charge in [-0.1, -0.05) is 60.2 Å². The maximum Gasteiger partial charge on any atom is 0.339 e. The molecule has 4 rings (SSSR count). The summed E-state index contributed by atoms with van der Waals surface area (Å²) in [5.74, 6) is -1.71. The lowest BCUT2D eigenvalue weighted by atomic mass is 9.87. The van der Waals surface area contributed by atoms with Gasteiger partial charge in [-0.15, -0.1) is 0 Å². The minimum absolute atomic E-state index is 0.202. The Bertz CT molecular complexity index is 1200. The fourth-order valence-electron chi connectivity index (χ4n) is 3.88. The Morgan fingerprint density at radius 1 is 1.00 bits per heavy atom. The van der Waals surface area contributed by atoms with E-state index in [-0.39, 0.29) is 17.8 Å². The second-order valence-corrected chi connectivity index (χ2v) is 7.57. The van der Waals surface area contributed by atoms with Crippen LogP contribution >= 0.6 is 0 Å². The van der Waals surface area contributed by atoms with E-state index in [0.29, 0.717) is 16.8 Å². The van der Waals surface area contributed by atoms with Gasteiger partial charge in [0.25, 0.3) is 5.91 Å². The number of nitrogens with zero attached hydrogens (tertiary/aromatic N) is 1. The van der Waals surface area contributed by atoms with Crippen molar-refractivity contribution >= 4 is 29.2 Å². The van der Waals surface area contributed by atoms with E-state index in [4.69, 9.17) is 4.74 Å². The van der Waals surface area contributed by atoms with Crippen LogP contribution in [0.1, 0.15) is 27.0 Å². The van der Waals surface area contributed by atoms with Crippen molar-refractivity contribution in [3.63, 3.8) is 0 Å². The smallest absolute Gasteiger partial charge is 0.339 e. The lowest BCUT2D eigenvalue weighted by molar-refractivity contribution is -0.133. The van der Waals surface area contributed by atoms with Gasteiger partial charge in [0, 0.05) is 5.56 Å². The zero-order chi connectivity index (χ0) is 22.9. The van der Waals surface area contributed by atoms with E-state index in [1.807, 2.05) is 19.1 Å². The minimum Gasteiger partial charge on any atom is -0.465 e. The van der Waals surface area contributed by atoms with E-state index in [0.717, 1.165) is 5.56 Å². The molecule has 1 heterocycles. The first-order valence-corrected chi connectivity index (χ1v) is 10.0. The van der Waals surface area contributed by atoms with Gasteiger partial charge in [-0.25, -0.2) is 4.79 Å². The van der Waals surface area contributed by atoms with Crippen molar-refractivity contribution in [2.75, 3.05) is 23.9 Å². The lowest BCUT2D eigenvalue weighted by Crippen LogP contribution is -2.44. The summed E-state index contributed by atoms with van der Waals surface area (Å²) < 4.78 is 4.75. The van der Waals surface area contributed by atoms with E-state index >= 15 is 0 Å². The molecule has 1 aliphatic heterocycles. The van der Waals surface area contributed by atoms with E-state index in [9.17, 15) is 19.5 Å². The van der Waals surface area contributed by atoms with Crippen molar-refractivity contribution in [2.24, 2.45) is 0 Å². The SMILES string of the molecule is COC(=O)c1ccccc1NC(=O)CN1C(=O)C(O)(c2ccc(C)cc2)c2ccccc21. The van der Waals surface area contributed by atoms with Gasteiger partial charge in [-0.3, -0.25) is 14.5 Å². The van der Waals surface area contributed by atoms with Crippen LogP contribution in [0.3, 0.4) is 0 Å². The van der Waals surface area contributed by atoms with Gasteiger partial charge in [0.1, 0.15) is 6.54 Å². The Labute approximate surface area is 185 Å². The van der Waals surface area contributed by atoms with Gasteiger partial charge in [-0.2, -0.15) is 0 Å². The number of nitrogens with one attached hydrogen (secondary N) is 1. The molecule has 0 aromatic heterocycles.